The molecule has 178 valence electrons. The van der Waals surface area contributed by atoms with E-state index in [4.69, 9.17) is 27.9 Å². The van der Waals surface area contributed by atoms with Gasteiger partial charge in [-0.15, -0.1) is 0 Å². The Morgan fingerprint density at radius 3 is 2.42 bits per heavy atom. The second-order valence-corrected chi connectivity index (χ2v) is 9.97. The molecule has 17 nitrogen and oxygen atoms in total. The number of ether oxygens (including phenoxy) is 1. The van der Waals surface area contributed by atoms with Crippen LogP contribution in [0, 0.1) is 0 Å². The van der Waals surface area contributed by atoms with Crippen LogP contribution in [0.3, 0.4) is 0 Å². The molecule has 3 unspecified atom stereocenters. The fourth-order valence-electron chi connectivity index (χ4n) is 2.16. The normalized spacial score (nSPS) is 32.0. The quantitative estimate of drug-likeness (QED) is 0.202. The molecule has 22 heteroatoms. The number of hydrogen-bond donors (Lipinski definition) is 6. The molecule has 1 aromatic heterocycles. The van der Waals surface area contributed by atoms with E-state index in [0.717, 1.165) is 0 Å². The maximum Gasteiger partial charge on any atom is 0.490 e. The molecule has 0 radical (unpaired) electrons. The van der Waals surface area contributed by atoms with Crippen LogP contribution in [0.4, 0.5) is 14.6 Å². The molecule has 6 atom stereocenters. The molecule has 2 rings (SSSR count). The Hall–Kier alpha value is -1.20. The maximum atomic E-state index is 15.2. The van der Waals surface area contributed by atoms with E-state index in [1.165, 1.54) is 0 Å². The minimum Gasteiger partial charge on any atom is -0.387 e. The highest BCUT2D eigenvalue weighted by molar-refractivity contribution is 7.66. The van der Waals surface area contributed by atoms with Crippen molar-refractivity contribution in [3.63, 3.8) is 0 Å². The molecule has 7 N–H and O–H groups in total. The van der Waals surface area contributed by atoms with Gasteiger partial charge in [0.15, 0.2) is 6.23 Å². The van der Waals surface area contributed by atoms with E-state index in [-0.39, 0.29) is 4.68 Å². The van der Waals surface area contributed by atoms with Gasteiger partial charge in [-0.2, -0.15) is 23.4 Å². The summed E-state index contributed by atoms with van der Waals surface area (Å²) < 4.78 is 93.3. The Morgan fingerprint density at radius 2 is 1.90 bits per heavy atom. The first-order chi connectivity index (χ1) is 14.7. The van der Waals surface area contributed by atoms with Crippen molar-refractivity contribution in [2.45, 2.75) is 24.1 Å². The second-order valence-electron chi connectivity index (χ2n) is 5.62. The summed E-state index contributed by atoms with van der Waals surface area (Å²) in [7, 11) is -17.9. The zero-order valence-electron chi connectivity index (χ0n) is 16.5. The van der Waals surface area contributed by atoms with Crippen LogP contribution in [0.25, 0.3) is 0 Å². The third-order valence-corrected chi connectivity index (χ3v) is 6.99. The lowest BCUT2D eigenvalue weighted by Crippen LogP contribution is -2.47. The van der Waals surface area contributed by atoms with Crippen LogP contribution in [-0.2, 0) is 31.6 Å². The smallest absolute Gasteiger partial charge is 0.387 e. The molecule has 31 heavy (non-hydrogen) atoms. The molecular weight excluding hydrogens is 503 g/mol. The van der Waals surface area contributed by atoms with Gasteiger partial charge in [-0.1, -0.05) is 0 Å². The number of aliphatic hydroxyl groups is 1. The largest absolute Gasteiger partial charge is 0.490 e. The van der Waals surface area contributed by atoms with Crippen molar-refractivity contribution >= 4 is 29.3 Å². The lowest BCUT2D eigenvalue weighted by Gasteiger charge is -2.25. The average molecular weight is 520 g/mol. The number of nitrogen functional groups attached to an aromatic ring is 1. The molecule has 0 saturated carbocycles. The number of alkyl halides is 2. The summed E-state index contributed by atoms with van der Waals surface area (Å²) in [5.41, 5.74) is 0.183. The Kier molecular flexibility index (Phi) is 6.65. The number of nitrogens with zero attached hydrogens (tertiary/aromatic N) is 3. The SMILES string of the molecule is [2H]C([2H])(OP(=O)(O)OP(=O)(O)OP(=O)(O)O)[C@H]1O[C@@H](n2ncc(N)nc2=O)C(F)(CF)[C@H]1O. The number of anilines is 1. The minimum atomic E-state index is -6.14. The van der Waals surface area contributed by atoms with E-state index in [9.17, 15) is 32.9 Å². The van der Waals surface area contributed by atoms with Crippen LogP contribution >= 0.6 is 23.5 Å². The van der Waals surface area contributed by atoms with Gasteiger partial charge in [-0.05, 0) is 0 Å². The summed E-state index contributed by atoms with van der Waals surface area (Å²) in [6.07, 6.45) is -7.40. The molecule has 0 bridgehead atoms. The predicted molar refractivity (Wildman–Crippen MR) is 90.3 cm³/mol. The van der Waals surface area contributed by atoms with Crippen LogP contribution in [0.2, 0.25) is 0 Å². The lowest BCUT2D eigenvalue weighted by atomic mass is 9.98. The van der Waals surface area contributed by atoms with Crippen LogP contribution < -0.4 is 11.4 Å². The maximum absolute atomic E-state index is 15.2. The van der Waals surface area contributed by atoms with Gasteiger partial charge < -0.3 is 35.2 Å². The van der Waals surface area contributed by atoms with Gasteiger partial charge in [0, 0.05) is 0 Å². The molecule has 1 aromatic rings. The number of phosphoric acid groups is 3. The van der Waals surface area contributed by atoms with Crippen molar-refractivity contribution < 1.29 is 67.8 Å². The Labute approximate surface area is 172 Å². The van der Waals surface area contributed by atoms with Crippen molar-refractivity contribution in [2.24, 2.45) is 0 Å². The number of hydrogen-bond acceptors (Lipinski definition) is 12. The van der Waals surface area contributed by atoms with Crippen molar-refractivity contribution in [3.8, 4) is 0 Å². The van der Waals surface area contributed by atoms with Crippen molar-refractivity contribution in [3.05, 3.63) is 16.7 Å². The molecule has 1 aliphatic heterocycles. The molecule has 1 fully saturated rings. The van der Waals surface area contributed by atoms with Gasteiger partial charge in [-0.25, -0.2) is 27.3 Å². The van der Waals surface area contributed by atoms with Gasteiger partial charge in [0.05, 0.1) is 15.5 Å². The highest BCUT2D eigenvalue weighted by Crippen LogP contribution is 2.66. The monoisotopic (exact) mass is 520 g/mol. The molecule has 0 amide bonds. The molecule has 0 aromatic carbocycles. The van der Waals surface area contributed by atoms with E-state index in [1.54, 1.807) is 0 Å². The van der Waals surface area contributed by atoms with Crippen molar-refractivity contribution in [1.82, 2.24) is 14.8 Å². The third kappa shape index (κ3) is 6.41. The summed E-state index contributed by atoms with van der Waals surface area (Å²) >= 11 is 0. The van der Waals surface area contributed by atoms with Gasteiger partial charge in [0.2, 0.25) is 5.67 Å². The Balaban J connectivity index is 2.34. The molecule has 0 spiro atoms. The number of nitrogens with two attached hydrogens (primary N) is 1. The van der Waals surface area contributed by atoms with E-state index in [0.29, 0.717) is 6.20 Å². The number of halogens is 2. The first-order valence-electron chi connectivity index (χ1n) is 8.37. The first kappa shape index (κ1) is 23.0. The van der Waals surface area contributed by atoms with Crippen LogP contribution in [-0.4, -0.2) is 70.6 Å². The number of rotatable bonds is 9. The zero-order valence-corrected chi connectivity index (χ0v) is 17.2. The van der Waals surface area contributed by atoms with E-state index in [1.807, 2.05) is 0 Å². The van der Waals surface area contributed by atoms with Gasteiger partial charge in [0.1, 0.15) is 24.7 Å². The molecule has 1 saturated heterocycles. The number of aliphatic hydroxyl groups excluding tert-OH is 1. The summed E-state index contributed by atoms with van der Waals surface area (Å²) in [6, 6.07) is 0. The summed E-state index contributed by atoms with van der Waals surface area (Å²) in [6.45, 7) is -5.96. The van der Waals surface area contributed by atoms with E-state index in [2.05, 4.69) is 23.2 Å². The van der Waals surface area contributed by atoms with Crippen LogP contribution in [0.1, 0.15) is 8.97 Å². The summed E-state index contributed by atoms with van der Waals surface area (Å²) in [5, 5.41) is 13.4. The molecule has 0 aliphatic carbocycles. The van der Waals surface area contributed by atoms with Gasteiger partial charge >= 0.3 is 29.2 Å². The van der Waals surface area contributed by atoms with Crippen molar-refractivity contribution in [1.29, 1.82) is 0 Å². The van der Waals surface area contributed by atoms with Gasteiger partial charge in [-0.3, -0.25) is 4.52 Å². The number of aromatic nitrogens is 3. The Morgan fingerprint density at radius 1 is 1.29 bits per heavy atom. The minimum absolute atomic E-state index is 0.0417. The lowest BCUT2D eigenvalue weighted by molar-refractivity contribution is -0.0804. The standard InChI is InChI=1S/C9H15F2N4O13P3/c10-3-9(11)6(16)4(26-7(9)15-8(17)14-5(12)1-13-15)2-25-30(21,22)28-31(23,24)27-29(18,19)20/h1,4,6-7,16H,2-3H2,(H,21,22)(H,23,24)(H2,12,14,17)(H2,18,19,20)/t4-,6+,7-,9?/m1/s1/i2D2. The first-order valence-corrected chi connectivity index (χ1v) is 11.9. The van der Waals surface area contributed by atoms with E-state index < -0.39 is 72.3 Å². The average Bonchev–Trinajstić information content (AvgIpc) is 2.83. The highest BCUT2D eigenvalue weighted by atomic mass is 31.3. The van der Waals surface area contributed by atoms with Gasteiger partial charge in [0.25, 0.3) is 0 Å². The fourth-order valence-corrected chi connectivity index (χ4v) is 5.04. The summed E-state index contributed by atoms with van der Waals surface area (Å²) in [4.78, 5) is 50.6. The Bertz CT molecular complexity index is 1110. The van der Waals surface area contributed by atoms with Crippen molar-refractivity contribution in [2.75, 3.05) is 19.0 Å². The molecule has 1 aliphatic rings. The predicted octanol–water partition coefficient (Wildman–Crippen LogP) is -1.50. The number of phosphoric ester groups is 1. The zero-order chi connectivity index (χ0) is 25.6. The highest BCUT2D eigenvalue weighted by Gasteiger charge is 2.60. The van der Waals surface area contributed by atoms with Crippen LogP contribution in [0.5, 0.6) is 0 Å². The molecular formula is C9H15F2N4O13P3. The van der Waals surface area contributed by atoms with Crippen LogP contribution in [0.15, 0.2) is 11.0 Å². The molecule has 2 heterocycles. The topological polar surface area (TPSA) is 263 Å². The van der Waals surface area contributed by atoms with E-state index >= 15 is 4.39 Å². The summed E-state index contributed by atoms with van der Waals surface area (Å²) in [5.74, 6) is -0.445. The third-order valence-electron chi connectivity index (χ3n) is 3.33. The second kappa shape index (κ2) is 8.97. The fraction of sp³-hybridized carbons (Fsp3) is 0.667.